The lowest BCUT2D eigenvalue weighted by Gasteiger charge is -2.04. The zero-order valence-electron chi connectivity index (χ0n) is 13.1. The molecule has 0 spiro atoms. The summed E-state index contributed by atoms with van der Waals surface area (Å²) in [6.45, 7) is 0.581. The van der Waals surface area contributed by atoms with Crippen molar-refractivity contribution in [1.29, 1.82) is 0 Å². The monoisotopic (exact) mass is 346 g/mol. The van der Waals surface area contributed by atoms with Crippen molar-refractivity contribution in [2.45, 2.75) is 4.90 Å². The summed E-state index contributed by atoms with van der Waals surface area (Å²) in [7, 11) is -2.01. The molecule has 7 heteroatoms. The SMILES string of the molecule is CNCC1C=C(c2cccc(F)c2)[N+](S(=O)(=O)c2cccnc2)=C1. The van der Waals surface area contributed by atoms with Crippen LogP contribution in [0, 0.1) is 11.7 Å². The molecule has 3 rings (SSSR count). The average molecular weight is 346 g/mol. The first-order valence-electron chi connectivity index (χ1n) is 7.44. The highest BCUT2D eigenvalue weighted by molar-refractivity contribution is 7.85. The summed E-state index contributed by atoms with van der Waals surface area (Å²) in [5, 5.41) is 3.02. The van der Waals surface area contributed by atoms with Gasteiger partial charge in [0, 0.05) is 18.8 Å². The number of aromatic nitrogens is 1. The summed E-state index contributed by atoms with van der Waals surface area (Å²) < 4.78 is 40.7. The summed E-state index contributed by atoms with van der Waals surface area (Å²) in [6.07, 6.45) is 6.26. The molecule has 1 unspecified atom stereocenters. The Hall–Kier alpha value is -2.38. The van der Waals surface area contributed by atoms with Gasteiger partial charge in [-0.15, -0.1) is 0 Å². The van der Waals surface area contributed by atoms with Crippen LogP contribution in [0.2, 0.25) is 0 Å². The van der Waals surface area contributed by atoms with Gasteiger partial charge in [0.1, 0.15) is 5.82 Å². The van der Waals surface area contributed by atoms with Crippen molar-refractivity contribution >= 4 is 21.9 Å². The summed E-state index contributed by atoms with van der Waals surface area (Å²) >= 11 is 0. The molecule has 5 nitrogen and oxygen atoms in total. The molecule has 1 atom stereocenters. The third-order valence-electron chi connectivity index (χ3n) is 3.69. The largest absolute Gasteiger partial charge is 0.401 e. The third-order valence-corrected chi connectivity index (χ3v) is 5.36. The van der Waals surface area contributed by atoms with Gasteiger partial charge in [0.05, 0.1) is 17.7 Å². The second-order valence-electron chi connectivity index (χ2n) is 5.42. The molecule has 0 saturated heterocycles. The van der Waals surface area contributed by atoms with E-state index in [1.807, 2.05) is 6.08 Å². The minimum absolute atomic E-state index is 0.0914. The van der Waals surface area contributed by atoms with E-state index in [9.17, 15) is 12.8 Å². The fraction of sp³-hybridized carbons (Fsp3) is 0.176. The zero-order chi connectivity index (χ0) is 17.2. The third kappa shape index (κ3) is 3.13. The molecule has 24 heavy (non-hydrogen) atoms. The normalized spacial score (nSPS) is 17.5. The predicted octanol–water partition coefficient (Wildman–Crippen LogP) is 1.88. The van der Waals surface area contributed by atoms with Crippen LogP contribution < -0.4 is 5.32 Å². The predicted molar refractivity (Wildman–Crippen MR) is 89.5 cm³/mol. The van der Waals surface area contributed by atoms with Crippen molar-refractivity contribution in [1.82, 2.24) is 10.3 Å². The summed E-state index contributed by atoms with van der Waals surface area (Å²) in [6, 6.07) is 8.97. The second kappa shape index (κ2) is 6.62. The van der Waals surface area contributed by atoms with Crippen LogP contribution in [0.3, 0.4) is 0 Å². The van der Waals surface area contributed by atoms with Gasteiger partial charge in [-0.2, -0.15) is 8.42 Å². The van der Waals surface area contributed by atoms with E-state index in [2.05, 4.69) is 10.3 Å². The van der Waals surface area contributed by atoms with E-state index in [0.717, 1.165) is 0 Å². The maximum Gasteiger partial charge on any atom is 0.401 e. The van der Waals surface area contributed by atoms with Gasteiger partial charge in [0.25, 0.3) is 0 Å². The Morgan fingerprint density at radius 2 is 2.12 bits per heavy atom. The smallest absolute Gasteiger partial charge is 0.319 e. The van der Waals surface area contributed by atoms with Crippen LogP contribution in [0.4, 0.5) is 4.39 Å². The highest BCUT2D eigenvalue weighted by Crippen LogP contribution is 2.28. The van der Waals surface area contributed by atoms with Crippen LogP contribution in [-0.4, -0.2) is 37.2 Å². The van der Waals surface area contributed by atoms with Gasteiger partial charge in [-0.1, -0.05) is 10.0 Å². The molecule has 1 aliphatic rings. The average Bonchev–Trinajstić information content (AvgIpc) is 3.01. The van der Waals surface area contributed by atoms with Gasteiger partial charge in [-0.25, -0.2) is 4.39 Å². The Morgan fingerprint density at radius 1 is 1.29 bits per heavy atom. The number of sulfonamides is 1. The van der Waals surface area contributed by atoms with Crippen molar-refractivity contribution in [2.24, 2.45) is 5.92 Å². The number of hydrogen-bond acceptors (Lipinski definition) is 4. The molecule has 1 aliphatic heterocycles. The molecule has 0 saturated carbocycles. The summed E-state index contributed by atoms with van der Waals surface area (Å²) in [5.41, 5.74) is 0.955. The van der Waals surface area contributed by atoms with Gasteiger partial charge in [-0.05, 0) is 37.4 Å². The Morgan fingerprint density at radius 3 is 2.79 bits per heavy atom. The lowest BCUT2D eigenvalue weighted by molar-refractivity contribution is -0.242. The van der Waals surface area contributed by atoms with Crippen LogP contribution in [0.25, 0.3) is 5.70 Å². The minimum Gasteiger partial charge on any atom is -0.319 e. The van der Waals surface area contributed by atoms with Gasteiger partial charge in [-0.3, -0.25) is 4.98 Å². The quantitative estimate of drug-likeness (QED) is 0.840. The number of halogens is 1. The maximum absolute atomic E-state index is 13.6. The van der Waals surface area contributed by atoms with Crippen LogP contribution in [-0.2, 0) is 10.0 Å². The van der Waals surface area contributed by atoms with Crippen molar-refractivity contribution < 1.29 is 16.8 Å². The fourth-order valence-electron chi connectivity index (χ4n) is 2.61. The van der Waals surface area contributed by atoms with Crippen LogP contribution in [0.1, 0.15) is 5.56 Å². The first-order valence-corrected chi connectivity index (χ1v) is 8.88. The molecule has 0 aliphatic carbocycles. The van der Waals surface area contributed by atoms with E-state index < -0.39 is 15.8 Å². The number of pyridine rings is 1. The van der Waals surface area contributed by atoms with E-state index in [-0.39, 0.29) is 10.8 Å². The van der Waals surface area contributed by atoms with Crippen molar-refractivity contribution in [3.8, 4) is 0 Å². The Bertz CT molecular complexity index is 908. The number of nitrogens with one attached hydrogen (secondary N) is 1. The van der Waals surface area contributed by atoms with Gasteiger partial charge in [0.2, 0.25) is 5.70 Å². The highest BCUT2D eigenvalue weighted by atomic mass is 32.2. The van der Waals surface area contributed by atoms with Gasteiger partial charge < -0.3 is 5.32 Å². The zero-order valence-corrected chi connectivity index (χ0v) is 13.9. The molecule has 124 valence electrons. The van der Waals surface area contributed by atoms with E-state index in [4.69, 9.17) is 0 Å². The number of benzene rings is 1. The van der Waals surface area contributed by atoms with E-state index in [1.54, 1.807) is 31.5 Å². The molecule has 1 aromatic carbocycles. The lowest BCUT2D eigenvalue weighted by atomic mass is 10.1. The number of hydrogen-bond donors (Lipinski definition) is 1. The number of rotatable bonds is 5. The van der Waals surface area contributed by atoms with Crippen molar-refractivity contribution in [3.63, 3.8) is 0 Å². The first-order chi connectivity index (χ1) is 11.5. The van der Waals surface area contributed by atoms with Crippen molar-refractivity contribution in [3.05, 3.63) is 66.2 Å². The van der Waals surface area contributed by atoms with Crippen LogP contribution >= 0.6 is 0 Å². The van der Waals surface area contributed by atoms with Gasteiger partial charge >= 0.3 is 10.0 Å². The molecule has 0 amide bonds. The van der Waals surface area contributed by atoms with E-state index >= 15 is 0 Å². The van der Waals surface area contributed by atoms with E-state index in [0.29, 0.717) is 17.8 Å². The van der Waals surface area contributed by atoms with Crippen molar-refractivity contribution in [2.75, 3.05) is 13.6 Å². The summed E-state index contributed by atoms with van der Waals surface area (Å²) in [5.74, 6) is -0.524. The number of nitrogens with zero attached hydrogens (tertiary/aromatic N) is 2. The fourth-order valence-corrected chi connectivity index (χ4v) is 4.03. The molecule has 0 fully saturated rings. The molecule has 1 aromatic heterocycles. The molecular weight excluding hydrogens is 329 g/mol. The molecule has 0 radical (unpaired) electrons. The Kier molecular flexibility index (Phi) is 4.55. The maximum atomic E-state index is 13.6. The molecular formula is C17H17FN3O2S+. The Labute approximate surface area is 140 Å². The first kappa shape index (κ1) is 16.5. The second-order valence-corrected chi connectivity index (χ2v) is 7.24. The highest BCUT2D eigenvalue weighted by Gasteiger charge is 2.38. The Balaban J connectivity index is 2.10. The molecule has 0 bridgehead atoms. The minimum atomic E-state index is -3.80. The summed E-state index contributed by atoms with van der Waals surface area (Å²) in [4.78, 5) is 3.97. The van der Waals surface area contributed by atoms with Crippen LogP contribution in [0.15, 0.2) is 59.8 Å². The topological polar surface area (TPSA) is 62.1 Å². The molecule has 1 N–H and O–H groups in total. The molecule has 2 heterocycles. The van der Waals surface area contributed by atoms with E-state index in [1.165, 1.54) is 34.6 Å². The standard InChI is InChI=1S/C17H17FN3O2S/c1-19-10-13-8-17(14-4-2-5-15(18)9-14)21(12-13)24(22,23)16-6-3-7-20-11-16/h2-9,11-13,19H,10H2,1H3/q+1. The van der Waals surface area contributed by atoms with Crippen LogP contribution in [0.5, 0.6) is 0 Å². The molecule has 2 aromatic rings. The lowest BCUT2D eigenvalue weighted by Crippen LogP contribution is -2.22. The van der Waals surface area contributed by atoms with Gasteiger partial charge in [0.15, 0.2) is 11.1 Å².